The third-order valence-electron chi connectivity index (χ3n) is 4.01. The van der Waals surface area contributed by atoms with Gasteiger partial charge < -0.3 is 19.5 Å². The van der Waals surface area contributed by atoms with Crippen LogP contribution in [0.3, 0.4) is 0 Å². The number of nitrogens with zero attached hydrogens (tertiary/aromatic N) is 1. The fourth-order valence-corrected chi connectivity index (χ4v) is 2.55. The summed E-state index contributed by atoms with van der Waals surface area (Å²) in [4.78, 5) is 17.0. The zero-order chi connectivity index (χ0) is 18.7. The third-order valence-corrected chi connectivity index (χ3v) is 4.01. The molecule has 1 heterocycles. The molecule has 0 spiro atoms. The van der Waals surface area contributed by atoms with Crippen LogP contribution in [0.25, 0.3) is 0 Å². The van der Waals surface area contributed by atoms with Crippen LogP contribution in [0.2, 0.25) is 0 Å². The van der Waals surface area contributed by atoms with E-state index in [1.807, 2.05) is 26.8 Å². The molecule has 1 aromatic heterocycles. The van der Waals surface area contributed by atoms with Gasteiger partial charge in [0.15, 0.2) is 0 Å². The van der Waals surface area contributed by atoms with Crippen molar-refractivity contribution in [2.24, 2.45) is 0 Å². The molecular weight excluding hydrogens is 320 g/mol. The maximum Gasteiger partial charge on any atom is 0.256 e. The number of aromatic nitrogens is 1. The first-order chi connectivity index (χ1) is 12.0. The molecule has 0 aliphatic rings. The van der Waals surface area contributed by atoms with Crippen LogP contribution >= 0.6 is 0 Å². The molecule has 0 radical (unpaired) electrons. The number of methoxy groups -OCH3 is 1. The Hall–Kier alpha value is -1.66. The van der Waals surface area contributed by atoms with E-state index in [4.69, 9.17) is 14.2 Å². The molecule has 6 heteroatoms. The molecule has 0 saturated heterocycles. The van der Waals surface area contributed by atoms with Crippen molar-refractivity contribution in [1.82, 2.24) is 4.98 Å². The summed E-state index contributed by atoms with van der Waals surface area (Å²) in [5.41, 5.74) is 0.673. The number of nitrogens with one attached hydrogen (secondary N) is 1. The van der Waals surface area contributed by atoms with Gasteiger partial charge >= 0.3 is 0 Å². The van der Waals surface area contributed by atoms with E-state index in [0.717, 1.165) is 24.8 Å². The van der Waals surface area contributed by atoms with Crippen molar-refractivity contribution in [2.45, 2.75) is 59.0 Å². The van der Waals surface area contributed by atoms with Crippen molar-refractivity contribution in [3.8, 4) is 5.88 Å². The second-order valence-corrected chi connectivity index (χ2v) is 6.26. The van der Waals surface area contributed by atoms with Crippen LogP contribution in [0.1, 0.15) is 52.0 Å². The van der Waals surface area contributed by atoms with Crippen molar-refractivity contribution >= 4 is 11.6 Å². The number of carbonyl (C=O) groups is 1. The van der Waals surface area contributed by atoms with Crippen LogP contribution in [-0.4, -0.2) is 43.4 Å². The van der Waals surface area contributed by atoms with E-state index in [2.05, 4.69) is 17.2 Å². The first-order valence-corrected chi connectivity index (χ1v) is 9.00. The normalized spacial score (nSPS) is 13.3. The van der Waals surface area contributed by atoms with Crippen molar-refractivity contribution < 1.29 is 19.0 Å². The fourth-order valence-electron chi connectivity index (χ4n) is 2.55. The Morgan fingerprint density at radius 2 is 2.04 bits per heavy atom. The SMILES string of the molecule is CCCCCC(C)(OCC)C(=O)Nc1cnc(OCCOC)c(C)c1. The topological polar surface area (TPSA) is 69.7 Å². The summed E-state index contributed by atoms with van der Waals surface area (Å²) in [5.74, 6) is 0.408. The Labute approximate surface area is 151 Å². The molecule has 1 amide bonds. The molecule has 1 atom stereocenters. The number of unbranched alkanes of at least 4 members (excludes halogenated alkanes) is 2. The van der Waals surface area contributed by atoms with Gasteiger partial charge in [-0.1, -0.05) is 26.2 Å². The summed E-state index contributed by atoms with van der Waals surface area (Å²) in [6.07, 6.45) is 5.46. The molecule has 25 heavy (non-hydrogen) atoms. The summed E-state index contributed by atoms with van der Waals surface area (Å²) in [6.45, 7) is 9.24. The molecule has 0 aromatic carbocycles. The molecule has 1 N–H and O–H groups in total. The zero-order valence-electron chi connectivity index (χ0n) is 16.2. The van der Waals surface area contributed by atoms with Crippen LogP contribution in [0.15, 0.2) is 12.3 Å². The smallest absolute Gasteiger partial charge is 0.256 e. The van der Waals surface area contributed by atoms with E-state index >= 15 is 0 Å². The van der Waals surface area contributed by atoms with Crippen molar-refractivity contribution in [3.05, 3.63) is 17.8 Å². The number of pyridine rings is 1. The van der Waals surface area contributed by atoms with Crippen LogP contribution in [0, 0.1) is 6.92 Å². The molecule has 0 aliphatic heterocycles. The summed E-state index contributed by atoms with van der Waals surface area (Å²) < 4.78 is 16.3. The highest BCUT2D eigenvalue weighted by Crippen LogP contribution is 2.24. The monoisotopic (exact) mass is 352 g/mol. The fraction of sp³-hybridized carbons (Fsp3) is 0.684. The van der Waals surface area contributed by atoms with E-state index in [1.165, 1.54) is 0 Å². The lowest BCUT2D eigenvalue weighted by molar-refractivity contribution is -0.139. The van der Waals surface area contributed by atoms with E-state index < -0.39 is 5.60 Å². The highest BCUT2D eigenvalue weighted by Gasteiger charge is 2.33. The van der Waals surface area contributed by atoms with Crippen molar-refractivity contribution in [3.63, 3.8) is 0 Å². The van der Waals surface area contributed by atoms with Crippen LogP contribution in [0.5, 0.6) is 5.88 Å². The molecule has 142 valence electrons. The highest BCUT2D eigenvalue weighted by molar-refractivity contribution is 5.97. The van der Waals surface area contributed by atoms with Gasteiger partial charge in [-0.25, -0.2) is 4.98 Å². The van der Waals surface area contributed by atoms with Gasteiger partial charge in [0, 0.05) is 19.3 Å². The van der Waals surface area contributed by atoms with Crippen LogP contribution in [0.4, 0.5) is 5.69 Å². The minimum absolute atomic E-state index is 0.139. The number of anilines is 1. The molecule has 0 saturated carbocycles. The van der Waals surface area contributed by atoms with Gasteiger partial charge in [-0.15, -0.1) is 0 Å². The number of hydrogen-bond acceptors (Lipinski definition) is 5. The summed E-state index contributed by atoms with van der Waals surface area (Å²) in [7, 11) is 1.62. The molecule has 1 unspecified atom stereocenters. The number of rotatable bonds is 12. The Balaban J connectivity index is 2.74. The zero-order valence-corrected chi connectivity index (χ0v) is 16.2. The van der Waals surface area contributed by atoms with Crippen molar-refractivity contribution in [1.29, 1.82) is 0 Å². The molecule has 1 rings (SSSR count). The number of carbonyl (C=O) groups excluding carboxylic acids is 1. The average molecular weight is 352 g/mol. The van der Waals surface area contributed by atoms with Gasteiger partial charge in [0.05, 0.1) is 18.5 Å². The Kier molecular flexibility index (Phi) is 9.45. The Morgan fingerprint density at radius 3 is 2.64 bits per heavy atom. The van der Waals surface area contributed by atoms with E-state index in [9.17, 15) is 4.79 Å². The summed E-state index contributed by atoms with van der Waals surface area (Å²) in [6, 6.07) is 1.85. The standard InChI is InChI=1S/C19H32N2O4/c1-6-8-9-10-19(4,25-7-2)18(22)21-16-13-15(3)17(20-14-16)24-12-11-23-5/h13-14H,6-12H2,1-5H3,(H,21,22). The second kappa shape index (κ2) is 11.1. The highest BCUT2D eigenvalue weighted by atomic mass is 16.5. The average Bonchev–Trinajstić information content (AvgIpc) is 2.57. The van der Waals surface area contributed by atoms with E-state index in [-0.39, 0.29) is 5.91 Å². The van der Waals surface area contributed by atoms with Gasteiger partial charge in [-0.05, 0) is 33.3 Å². The molecule has 1 aromatic rings. The van der Waals surface area contributed by atoms with E-state index in [0.29, 0.717) is 37.8 Å². The Morgan fingerprint density at radius 1 is 1.28 bits per heavy atom. The quantitative estimate of drug-likeness (QED) is 0.581. The number of aryl methyl sites for hydroxylation is 1. The van der Waals surface area contributed by atoms with E-state index in [1.54, 1.807) is 13.3 Å². The lowest BCUT2D eigenvalue weighted by atomic mass is 9.96. The Bertz CT molecular complexity index is 536. The second-order valence-electron chi connectivity index (χ2n) is 6.26. The first-order valence-electron chi connectivity index (χ1n) is 9.00. The number of ether oxygens (including phenoxy) is 3. The molecule has 0 aliphatic carbocycles. The van der Waals surface area contributed by atoms with Gasteiger partial charge in [0.25, 0.3) is 5.91 Å². The first kappa shape index (κ1) is 21.4. The predicted molar refractivity (Wildman–Crippen MR) is 99.1 cm³/mol. The maximum absolute atomic E-state index is 12.7. The summed E-state index contributed by atoms with van der Waals surface area (Å²) in [5, 5.41) is 2.92. The molecular formula is C19H32N2O4. The predicted octanol–water partition coefficient (Wildman–Crippen LogP) is 3.73. The van der Waals surface area contributed by atoms with Crippen LogP contribution in [-0.2, 0) is 14.3 Å². The molecule has 0 fully saturated rings. The number of hydrogen-bond donors (Lipinski definition) is 1. The lowest BCUT2D eigenvalue weighted by Gasteiger charge is -2.28. The minimum atomic E-state index is -0.828. The summed E-state index contributed by atoms with van der Waals surface area (Å²) >= 11 is 0. The van der Waals surface area contributed by atoms with Gasteiger partial charge in [0.1, 0.15) is 12.2 Å². The molecule has 6 nitrogen and oxygen atoms in total. The number of amides is 1. The maximum atomic E-state index is 12.7. The largest absolute Gasteiger partial charge is 0.475 e. The van der Waals surface area contributed by atoms with Gasteiger partial charge in [0.2, 0.25) is 5.88 Å². The van der Waals surface area contributed by atoms with Crippen LogP contribution < -0.4 is 10.1 Å². The lowest BCUT2D eigenvalue weighted by Crippen LogP contribution is -2.42. The minimum Gasteiger partial charge on any atom is -0.475 e. The van der Waals surface area contributed by atoms with Crippen molar-refractivity contribution in [2.75, 3.05) is 32.2 Å². The third kappa shape index (κ3) is 7.00. The molecule has 0 bridgehead atoms. The van der Waals surface area contributed by atoms with Gasteiger partial charge in [-0.2, -0.15) is 0 Å². The van der Waals surface area contributed by atoms with Gasteiger partial charge in [-0.3, -0.25) is 4.79 Å².